The van der Waals surface area contributed by atoms with Gasteiger partial charge in [0.2, 0.25) is 11.8 Å². The minimum Gasteiger partial charge on any atom is -0.487 e. The number of ether oxygens (including phenoxy) is 2. The van der Waals surface area contributed by atoms with Gasteiger partial charge in [-0.2, -0.15) is 0 Å². The van der Waals surface area contributed by atoms with E-state index in [1.807, 2.05) is 6.07 Å². The molecule has 29 heavy (non-hydrogen) atoms. The fourth-order valence-electron chi connectivity index (χ4n) is 3.21. The maximum Gasteiger partial charge on any atom is 0.233 e. The second kappa shape index (κ2) is 8.24. The summed E-state index contributed by atoms with van der Waals surface area (Å²) in [6, 6.07) is 9.45. The highest BCUT2D eigenvalue weighted by molar-refractivity contribution is 7.99. The quantitative estimate of drug-likeness (QED) is 0.763. The van der Waals surface area contributed by atoms with E-state index >= 15 is 0 Å². The van der Waals surface area contributed by atoms with Crippen LogP contribution in [0.5, 0.6) is 5.88 Å². The van der Waals surface area contributed by atoms with Crippen LogP contribution in [0.25, 0.3) is 0 Å². The van der Waals surface area contributed by atoms with Crippen molar-refractivity contribution in [3.63, 3.8) is 0 Å². The first-order chi connectivity index (χ1) is 14.0. The zero-order valence-electron chi connectivity index (χ0n) is 15.9. The lowest BCUT2D eigenvalue weighted by Gasteiger charge is -2.17. The first kappa shape index (κ1) is 19.4. The average Bonchev–Trinajstić information content (AvgIpc) is 3.14. The number of carbonyl (C=O) groups is 1. The van der Waals surface area contributed by atoms with Crippen LogP contribution in [0.2, 0.25) is 0 Å². The Balaban J connectivity index is 1.63. The number of allylic oxidation sites excluding steroid dienone is 1. The summed E-state index contributed by atoms with van der Waals surface area (Å²) in [4.78, 5) is 18.7. The van der Waals surface area contributed by atoms with Crippen molar-refractivity contribution in [3.05, 3.63) is 70.4 Å². The van der Waals surface area contributed by atoms with Crippen molar-refractivity contribution in [1.29, 1.82) is 5.41 Å². The molecular weight excluding hydrogens is 393 g/mol. The molecule has 0 unspecified atom stereocenters. The molecule has 2 aliphatic heterocycles. The Morgan fingerprint density at radius 3 is 2.76 bits per heavy atom. The lowest BCUT2D eigenvalue weighted by molar-refractivity contribution is -0.128. The van der Waals surface area contributed by atoms with Gasteiger partial charge in [0.1, 0.15) is 24.1 Å². The van der Waals surface area contributed by atoms with Crippen LogP contribution in [0.15, 0.2) is 47.7 Å². The smallest absolute Gasteiger partial charge is 0.233 e. The third-order valence-corrected chi connectivity index (χ3v) is 5.64. The molecule has 8 heteroatoms. The lowest BCUT2D eigenvalue weighted by atomic mass is 10.0. The molecule has 150 valence electrons. The van der Waals surface area contributed by atoms with E-state index in [1.165, 1.54) is 23.9 Å². The Hall–Kier alpha value is -2.87. The van der Waals surface area contributed by atoms with Crippen LogP contribution in [0, 0.1) is 11.2 Å². The number of aromatic nitrogens is 1. The van der Waals surface area contributed by atoms with E-state index in [0.29, 0.717) is 41.6 Å². The number of amides is 1. The SMILES string of the molecule is C/C1=C(/C(=N)c2ccc(F)cc2)COc2ccc3c(n2)CN(C3)C(=O)CSCO1. The molecule has 3 bridgehead atoms. The van der Waals surface area contributed by atoms with Gasteiger partial charge in [-0.15, -0.1) is 11.8 Å². The van der Waals surface area contributed by atoms with Gasteiger partial charge in [0, 0.05) is 18.2 Å². The van der Waals surface area contributed by atoms with Crippen LogP contribution >= 0.6 is 11.8 Å². The highest BCUT2D eigenvalue weighted by Gasteiger charge is 2.25. The van der Waals surface area contributed by atoms with Gasteiger partial charge in [0.25, 0.3) is 0 Å². The number of fused-ring (bicyclic) bond motifs is 2. The fourth-order valence-corrected chi connectivity index (χ4v) is 3.91. The maximum atomic E-state index is 13.3. The topological polar surface area (TPSA) is 75.5 Å². The molecule has 0 spiro atoms. The summed E-state index contributed by atoms with van der Waals surface area (Å²) < 4.78 is 24.9. The van der Waals surface area contributed by atoms with Crippen molar-refractivity contribution < 1.29 is 18.7 Å². The molecule has 0 fully saturated rings. The second-order valence-electron chi connectivity index (χ2n) is 6.82. The molecule has 1 aromatic carbocycles. The van der Waals surface area contributed by atoms with Crippen molar-refractivity contribution in [2.45, 2.75) is 20.0 Å². The van der Waals surface area contributed by atoms with Gasteiger partial charge < -0.3 is 14.4 Å². The highest BCUT2D eigenvalue weighted by atomic mass is 32.2. The van der Waals surface area contributed by atoms with Crippen LogP contribution in [0.3, 0.4) is 0 Å². The molecule has 2 aliphatic rings. The number of benzene rings is 1. The van der Waals surface area contributed by atoms with Gasteiger partial charge in [-0.1, -0.05) is 0 Å². The number of halogens is 1. The predicted molar refractivity (Wildman–Crippen MR) is 108 cm³/mol. The number of rotatable bonds is 2. The summed E-state index contributed by atoms with van der Waals surface area (Å²) in [5.41, 5.74) is 3.17. The van der Waals surface area contributed by atoms with E-state index in [0.717, 1.165) is 11.3 Å². The molecule has 0 aliphatic carbocycles. The third-order valence-electron chi connectivity index (χ3n) is 4.91. The van der Waals surface area contributed by atoms with Crippen molar-refractivity contribution in [1.82, 2.24) is 9.88 Å². The van der Waals surface area contributed by atoms with E-state index in [1.54, 1.807) is 30.0 Å². The summed E-state index contributed by atoms with van der Waals surface area (Å²) in [5.74, 6) is 1.25. The average molecular weight is 413 g/mol. The van der Waals surface area contributed by atoms with E-state index in [2.05, 4.69) is 4.98 Å². The number of nitrogens with zero attached hydrogens (tertiary/aromatic N) is 2. The van der Waals surface area contributed by atoms with Crippen molar-refractivity contribution in [2.75, 3.05) is 18.3 Å². The number of hydrogen-bond acceptors (Lipinski definition) is 6. The Morgan fingerprint density at radius 2 is 1.97 bits per heavy atom. The van der Waals surface area contributed by atoms with Gasteiger partial charge in [0.15, 0.2) is 0 Å². The second-order valence-corrected chi connectivity index (χ2v) is 7.75. The Kier molecular flexibility index (Phi) is 5.53. The van der Waals surface area contributed by atoms with Crippen molar-refractivity contribution >= 4 is 23.4 Å². The van der Waals surface area contributed by atoms with Gasteiger partial charge in [-0.25, -0.2) is 9.37 Å². The number of hydrogen-bond donors (Lipinski definition) is 1. The lowest BCUT2D eigenvalue weighted by Crippen LogP contribution is -2.27. The summed E-state index contributed by atoms with van der Waals surface area (Å²) in [7, 11) is 0. The van der Waals surface area contributed by atoms with Crippen LogP contribution in [0.1, 0.15) is 23.7 Å². The third kappa shape index (κ3) is 4.27. The first-order valence-electron chi connectivity index (χ1n) is 9.16. The predicted octanol–water partition coefficient (Wildman–Crippen LogP) is 3.50. The maximum absolute atomic E-state index is 13.3. The van der Waals surface area contributed by atoms with E-state index in [-0.39, 0.29) is 30.0 Å². The van der Waals surface area contributed by atoms with Gasteiger partial charge >= 0.3 is 0 Å². The molecule has 1 N–H and O–H groups in total. The molecular formula is C21H20FN3O3S. The summed E-state index contributed by atoms with van der Waals surface area (Å²) >= 11 is 1.38. The largest absolute Gasteiger partial charge is 0.487 e. The zero-order valence-corrected chi connectivity index (χ0v) is 16.7. The van der Waals surface area contributed by atoms with Gasteiger partial charge in [-0.05, 0) is 42.8 Å². The minimum atomic E-state index is -0.358. The molecule has 0 radical (unpaired) electrons. The van der Waals surface area contributed by atoms with Crippen molar-refractivity contribution in [2.24, 2.45) is 0 Å². The van der Waals surface area contributed by atoms with Crippen LogP contribution in [-0.2, 0) is 22.6 Å². The standard InChI is InChI=1S/C21H20FN3O3S/c1-13-17(21(23)14-2-5-16(22)6-3-14)10-27-19-7-4-15-8-25(9-18(15)24-19)20(26)11-29-12-28-13/h2-7,23H,8-12H2,1H3/b17-13-,23-21?. The van der Waals surface area contributed by atoms with E-state index in [9.17, 15) is 9.18 Å². The molecule has 1 aromatic heterocycles. The highest BCUT2D eigenvalue weighted by Crippen LogP contribution is 2.26. The number of pyridine rings is 1. The molecule has 4 rings (SSSR count). The summed E-state index contributed by atoms with van der Waals surface area (Å²) in [6.07, 6.45) is 0. The molecule has 0 atom stereocenters. The molecule has 0 saturated heterocycles. The minimum absolute atomic E-state index is 0.0389. The monoisotopic (exact) mass is 413 g/mol. The van der Waals surface area contributed by atoms with Crippen LogP contribution < -0.4 is 4.74 Å². The summed E-state index contributed by atoms with van der Waals surface area (Å²) in [5, 5.41) is 8.57. The first-order valence-corrected chi connectivity index (χ1v) is 10.3. The molecule has 2 aromatic rings. The molecule has 6 nitrogen and oxygen atoms in total. The summed E-state index contributed by atoms with van der Waals surface area (Å²) in [6.45, 7) is 2.89. The van der Waals surface area contributed by atoms with E-state index < -0.39 is 0 Å². The van der Waals surface area contributed by atoms with Crippen molar-refractivity contribution in [3.8, 4) is 5.88 Å². The Morgan fingerprint density at radius 1 is 1.17 bits per heavy atom. The number of nitrogens with one attached hydrogen (secondary N) is 1. The molecule has 0 saturated carbocycles. The molecule has 3 heterocycles. The normalized spacial score (nSPS) is 19.5. The zero-order chi connectivity index (χ0) is 20.4. The Labute approximate surface area is 172 Å². The van der Waals surface area contributed by atoms with Gasteiger partial charge in [0.05, 0.1) is 29.3 Å². The Bertz CT molecular complexity index is 991. The number of carbonyl (C=O) groups excluding carboxylic acids is 1. The van der Waals surface area contributed by atoms with Crippen LogP contribution in [-0.4, -0.2) is 39.8 Å². The molecule has 1 amide bonds. The van der Waals surface area contributed by atoms with Gasteiger partial charge in [-0.3, -0.25) is 10.2 Å². The van der Waals surface area contributed by atoms with E-state index in [4.69, 9.17) is 14.9 Å². The van der Waals surface area contributed by atoms with Crippen LogP contribution in [0.4, 0.5) is 4.39 Å². The number of thioether (sulfide) groups is 1. The fraction of sp³-hybridized carbons (Fsp3) is 0.286.